The average molecular weight is 282 g/mol. The molecule has 0 aliphatic heterocycles. The molecule has 0 fully saturated rings. The van der Waals surface area contributed by atoms with Crippen LogP contribution in [0.25, 0.3) is 0 Å². The Labute approximate surface area is 124 Å². The molecule has 1 amide bonds. The third kappa shape index (κ3) is 3.48. The Morgan fingerprint density at radius 3 is 2.62 bits per heavy atom. The van der Waals surface area contributed by atoms with Gasteiger partial charge in [-0.05, 0) is 37.1 Å². The molecule has 0 saturated carbocycles. The Balaban J connectivity index is 2.14. The van der Waals surface area contributed by atoms with Crippen LogP contribution in [0.1, 0.15) is 35.6 Å². The van der Waals surface area contributed by atoms with Gasteiger partial charge in [0.1, 0.15) is 5.69 Å². The first-order valence-electron chi connectivity index (χ1n) is 7.01. The van der Waals surface area contributed by atoms with E-state index in [0.29, 0.717) is 24.3 Å². The number of benzene rings is 1. The first-order chi connectivity index (χ1) is 10.2. The molecule has 0 bridgehead atoms. The highest BCUT2D eigenvalue weighted by molar-refractivity contribution is 6.03. The van der Waals surface area contributed by atoms with E-state index in [1.165, 1.54) is 0 Å². The van der Waals surface area contributed by atoms with Crippen molar-refractivity contribution in [2.24, 2.45) is 0 Å². The molecule has 0 aliphatic rings. The van der Waals surface area contributed by atoms with E-state index in [0.717, 1.165) is 17.7 Å². The summed E-state index contributed by atoms with van der Waals surface area (Å²) >= 11 is 0. The summed E-state index contributed by atoms with van der Waals surface area (Å²) in [5, 5.41) is 15.9. The molecule has 0 radical (unpaired) electrons. The summed E-state index contributed by atoms with van der Waals surface area (Å²) in [7, 11) is 0. The molecule has 0 saturated heterocycles. The first-order valence-corrected chi connectivity index (χ1v) is 7.01. The predicted molar refractivity (Wildman–Crippen MR) is 81.0 cm³/mol. The molecule has 5 heteroatoms. The van der Waals surface area contributed by atoms with E-state index in [9.17, 15) is 4.79 Å². The maximum absolute atomic E-state index is 12.3. The van der Waals surface area contributed by atoms with Crippen molar-refractivity contribution in [1.29, 1.82) is 5.26 Å². The monoisotopic (exact) mass is 282 g/mol. The maximum Gasteiger partial charge on any atom is 0.273 e. The summed E-state index contributed by atoms with van der Waals surface area (Å²) < 4.78 is 1.71. The quantitative estimate of drug-likeness (QED) is 0.916. The topological polar surface area (TPSA) is 70.7 Å². The van der Waals surface area contributed by atoms with Crippen molar-refractivity contribution in [2.75, 3.05) is 5.32 Å². The highest BCUT2D eigenvalue weighted by Gasteiger charge is 2.14. The number of carbonyl (C=O) groups excluding carboxylic acids is 1. The van der Waals surface area contributed by atoms with Gasteiger partial charge in [-0.15, -0.1) is 0 Å². The molecule has 0 atom stereocenters. The minimum atomic E-state index is -0.169. The lowest BCUT2D eigenvalue weighted by molar-refractivity contribution is 0.101. The molecule has 1 aromatic heterocycles. The number of amides is 1. The zero-order valence-electron chi connectivity index (χ0n) is 12.3. The molecule has 2 rings (SSSR count). The molecule has 0 unspecified atom stereocenters. The maximum atomic E-state index is 12.3. The van der Waals surface area contributed by atoms with Crippen molar-refractivity contribution >= 4 is 11.6 Å². The molecule has 108 valence electrons. The lowest BCUT2D eigenvalue weighted by Gasteiger charge is -2.07. The number of rotatable bonds is 5. The fraction of sp³-hybridized carbons (Fsp3) is 0.312. The Morgan fingerprint density at radius 2 is 2.05 bits per heavy atom. The van der Waals surface area contributed by atoms with Crippen LogP contribution in [0.2, 0.25) is 0 Å². The lowest BCUT2D eigenvalue weighted by Crippen LogP contribution is -2.17. The summed E-state index contributed by atoms with van der Waals surface area (Å²) in [5.41, 5.74) is 3.12. The highest BCUT2D eigenvalue weighted by Crippen LogP contribution is 2.13. The normalized spacial score (nSPS) is 10.1. The van der Waals surface area contributed by atoms with Crippen LogP contribution in [0.5, 0.6) is 0 Å². The molecule has 0 spiro atoms. The molecule has 21 heavy (non-hydrogen) atoms. The van der Waals surface area contributed by atoms with E-state index in [-0.39, 0.29) is 5.91 Å². The second-order valence-corrected chi connectivity index (χ2v) is 4.68. The second kappa shape index (κ2) is 6.71. The van der Waals surface area contributed by atoms with Crippen LogP contribution in [0.4, 0.5) is 5.69 Å². The SMILES string of the molecule is CCc1cc(C(=O)Nc2ccc(CC#N)cc2)n(CC)n1. The average Bonchev–Trinajstić information content (AvgIpc) is 2.93. The minimum absolute atomic E-state index is 0.169. The van der Waals surface area contributed by atoms with E-state index < -0.39 is 0 Å². The Hall–Kier alpha value is -2.61. The molecule has 0 aliphatic carbocycles. The Bertz CT molecular complexity index is 665. The fourth-order valence-corrected chi connectivity index (χ4v) is 2.06. The van der Waals surface area contributed by atoms with Crippen molar-refractivity contribution in [1.82, 2.24) is 9.78 Å². The first kappa shape index (κ1) is 14.8. The summed E-state index contributed by atoms with van der Waals surface area (Å²) in [6.07, 6.45) is 1.17. The molecule has 1 aromatic carbocycles. The van der Waals surface area contributed by atoms with E-state index in [1.807, 2.05) is 32.0 Å². The molecular formula is C16H18N4O. The van der Waals surface area contributed by atoms with Gasteiger partial charge in [-0.1, -0.05) is 19.1 Å². The van der Waals surface area contributed by atoms with Crippen molar-refractivity contribution in [3.63, 3.8) is 0 Å². The minimum Gasteiger partial charge on any atom is -0.321 e. The van der Waals surface area contributed by atoms with Gasteiger partial charge in [0.15, 0.2) is 0 Å². The smallest absolute Gasteiger partial charge is 0.273 e. The zero-order chi connectivity index (χ0) is 15.2. The van der Waals surface area contributed by atoms with Crippen LogP contribution < -0.4 is 5.32 Å². The van der Waals surface area contributed by atoms with Gasteiger partial charge in [0.2, 0.25) is 0 Å². The lowest BCUT2D eigenvalue weighted by atomic mass is 10.1. The van der Waals surface area contributed by atoms with Crippen molar-refractivity contribution in [3.05, 3.63) is 47.3 Å². The van der Waals surface area contributed by atoms with Gasteiger partial charge in [-0.2, -0.15) is 10.4 Å². The Kier molecular flexibility index (Phi) is 4.72. The number of nitriles is 1. The summed E-state index contributed by atoms with van der Waals surface area (Å²) in [5.74, 6) is -0.169. The third-order valence-corrected chi connectivity index (χ3v) is 3.22. The van der Waals surface area contributed by atoms with Crippen molar-refractivity contribution in [3.8, 4) is 6.07 Å². The van der Waals surface area contributed by atoms with Crippen LogP contribution in [0.3, 0.4) is 0 Å². The van der Waals surface area contributed by atoms with E-state index >= 15 is 0 Å². The van der Waals surface area contributed by atoms with E-state index in [2.05, 4.69) is 16.5 Å². The van der Waals surface area contributed by atoms with Gasteiger partial charge in [0.05, 0.1) is 18.2 Å². The van der Waals surface area contributed by atoms with E-state index in [1.54, 1.807) is 16.8 Å². The summed E-state index contributed by atoms with van der Waals surface area (Å²) in [6, 6.07) is 11.2. The Morgan fingerprint density at radius 1 is 1.33 bits per heavy atom. The highest BCUT2D eigenvalue weighted by atomic mass is 16.2. The van der Waals surface area contributed by atoms with Gasteiger partial charge in [-0.25, -0.2) is 0 Å². The molecule has 5 nitrogen and oxygen atoms in total. The van der Waals surface area contributed by atoms with Crippen LogP contribution >= 0.6 is 0 Å². The van der Waals surface area contributed by atoms with Crippen molar-refractivity contribution < 1.29 is 4.79 Å². The number of aromatic nitrogens is 2. The van der Waals surface area contributed by atoms with Crippen LogP contribution in [0.15, 0.2) is 30.3 Å². The standard InChI is InChI=1S/C16H18N4O/c1-3-13-11-15(20(4-2)19-13)16(21)18-14-7-5-12(6-8-14)9-10-17/h5-8,11H,3-4,9H2,1-2H3,(H,18,21). The number of anilines is 1. The fourth-order valence-electron chi connectivity index (χ4n) is 2.06. The number of nitrogens with one attached hydrogen (secondary N) is 1. The van der Waals surface area contributed by atoms with Crippen LogP contribution in [0, 0.1) is 11.3 Å². The number of carbonyl (C=O) groups is 1. The summed E-state index contributed by atoms with van der Waals surface area (Å²) in [4.78, 5) is 12.3. The van der Waals surface area contributed by atoms with Crippen LogP contribution in [-0.4, -0.2) is 15.7 Å². The van der Waals surface area contributed by atoms with Gasteiger partial charge in [0.25, 0.3) is 5.91 Å². The molecule has 1 heterocycles. The molecule has 1 N–H and O–H groups in total. The second-order valence-electron chi connectivity index (χ2n) is 4.68. The predicted octanol–water partition coefficient (Wildman–Crippen LogP) is 2.78. The van der Waals surface area contributed by atoms with Gasteiger partial charge >= 0.3 is 0 Å². The van der Waals surface area contributed by atoms with Crippen molar-refractivity contribution in [2.45, 2.75) is 33.2 Å². The molecule has 2 aromatic rings. The largest absolute Gasteiger partial charge is 0.321 e. The number of aryl methyl sites for hydroxylation is 2. The number of nitrogens with zero attached hydrogens (tertiary/aromatic N) is 3. The van der Waals surface area contributed by atoms with E-state index in [4.69, 9.17) is 5.26 Å². The van der Waals surface area contributed by atoms with Gasteiger partial charge < -0.3 is 5.32 Å². The van der Waals surface area contributed by atoms with Gasteiger partial charge in [0, 0.05) is 12.2 Å². The third-order valence-electron chi connectivity index (χ3n) is 3.22. The van der Waals surface area contributed by atoms with Gasteiger partial charge in [-0.3, -0.25) is 9.48 Å². The molecular weight excluding hydrogens is 264 g/mol. The number of hydrogen-bond acceptors (Lipinski definition) is 3. The van der Waals surface area contributed by atoms with Crippen LogP contribution in [-0.2, 0) is 19.4 Å². The summed E-state index contributed by atoms with van der Waals surface area (Å²) in [6.45, 7) is 4.63. The number of hydrogen-bond donors (Lipinski definition) is 1. The zero-order valence-corrected chi connectivity index (χ0v) is 12.3.